The van der Waals surface area contributed by atoms with Crippen LogP contribution in [-0.4, -0.2) is 29.6 Å². The highest BCUT2D eigenvalue weighted by Gasteiger charge is 2.59. The van der Waals surface area contributed by atoms with E-state index in [0.717, 1.165) is 12.8 Å². The highest BCUT2D eigenvalue weighted by Crippen LogP contribution is 2.58. The minimum Gasteiger partial charge on any atom is -0.404 e. The van der Waals surface area contributed by atoms with Crippen LogP contribution in [0.2, 0.25) is 5.04 Å². The van der Waals surface area contributed by atoms with Crippen molar-refractivity contribution in [3.05, 3.63) is 60.7 Å². The van der Waals surface area contributed by atoms with Crippen molar-refractivity contribution in [3.63, 3.8) is 0 Å². The molecule has 2 saturated carbocycles. The molecule has 0 saturated heterocycles. The van der Waals surface area contributed by atoms with Gasteiger partial charge in [-0.1, -0.05) is 81.4 Å². The molecule has 2 fully saturated rings. The van der Waals surface area contributed by atoms with Crippen molar-refractivity contribution in [1.82, 2.24) is 0 Å². The maximum Gasteiger partial charge on any atom is 0.261 e. The Bertz CT molecular complexity index is 927. The number of hydrogen-bond acceptors (Lipinski definition) is 2. The Morgan fingerprint density at radius 1 is 0.875 bits per heavy atom. The van der Waals surface area contributed by atoms with Gasteiger partial charge in [-0.3, -0.25) is 0 Å². The molecule has 0 aromatic heterocycles. The molecular weight excluding hydrogens is 430 g/mol. The average Bonchev–Trinajstić information content (AvgIpc) is 3.20. The van der Waals surface area contributed by atoms with Crippen LogP contribution in [0.1, 0.15) is 54.4 Å². The van der Waals surface area contributed by atoms with Gasteiger partial charge in [-0.05, 0) is 60.9 Å². The largest absolute Gasteiger partial charge is 0.404 e. The van der Waals surface area contributed by atoms with Crippen molar-refractivity contribution in [1.29, 1.82) is 0 Å². The van der Waals surface area contributed by atoms with E-state index in [0.29, 0.717) is 17.8 Å². The van der Waals surface area contributed by atoms with Gasteiger partial charge in [0, 0.05) is 18.2 Å². The zero-order chi connectivity index (χ0) is 23.1. The third-order valence-corrected chi connectivity index (χ3v) is 13.5. The van der Waals surface area contributed by atoms with E-state index in [1.54, 1.807) is 0 Å². The van der Waals surface area contributed by atoms with E-state index >= 15 is 0 Å². The van der Waals surface area contributed by atoms with E-state index in [1.165, 1.54) is 10.4 Å². The standard InChI is InChI=1S/C27H37NO2SSi/c1-26(2,3)31(29)28-19-25-23-17-20(18-24(23)25)30-32(27(4,5)6,21-13-9-7-10-14-21)22-15-11-8-12-16-22/h7-16,19-20,23-25H,17-18H2,1-6H3/t20?,23-,24+,25?,31?. The first-order valence-electron chi connectivity index (χ1n) is 11.8. The van der Waals surface area contributed by atoms with Crippen molar-refractivity contribution in [2.75, 3.05) is 0 Å². The van der Waals surface area contributed by atoms with E-state index in [9.17, 15) is 4.21 Å². The normalized spacial score (nSPS) is 26.8. The quantitative estimate of drug-likeness (QED) is 0.437. The molecule has 32 heavy (non-hydrogen) atoms. The Kier molecular flexibility index (Phi) is 6.38. The van der Waals surface area contributed by atoms with Gasteiger partial charge in [0.2, 0.25) is 0 Å². The maximum atomic E-state index is 12.3. The molecular formula is C27H37NO2SSi. The first-order valence-corrected chi connectivity index (χ1v) is 14.8. The Balaban J connectivity index is 1.56. The van der Waals surface area contributed by atoms with Crippen molar-refractivity contribution >= 4 is 35.9 Å². The number of rotatable bonds is 6. The summed E-state index contributed by atoms with van der Waals surface area (Å²) in [5.41, 5.74) is 0. The topological polar surface area (TPSA) is 38.7 Å². The van der Waals surface area contributed by atoms with Crippen LogP contribution in [0.5, 0.6) is 0 Å². The minimum atomic E-state index is -2.49. The van der Waals surface area contributed by atoms with E-state index in [2.05, 4.69) is 85.8 Å². The van der Waals surface area contributed by atoms with Crippen LogP contribution >= 0.6 is 0 Å². The van der Waals surface area contributed by atoms with Gasteiger partial charge in [-0.15, -0.1) is 0 Å². The van der Waals surface area contributed by atoms with Crippen LogP contribution in [0.15, 0.2) is 65.1 Å². The molecule has 5 atom stereocenters. The molecule has 0 bridgehead atoms. The lowest BCUT2D eigenvalue weighted by Gasteiger charge is -2.45. The molecule has 4 rings (SSSR count). The Labute approximate surface area is 197 Å². The third-order valence-electron chi connectivity index (χ3n) is 7.08. The molecule has 0 spiro atoms. The fourth-order valence-corrected chi connectivity index (χ4v) is 10.7. The summed E-state index contributed by atoms with van der Waals surface area (Å²) in [4.78, 5) is 0. The van der Waals surface area contributed by atoms with E-state index < -0.39 is 19.3 Å². The molecule has 0 N–H and O–H groups in total. The molecule has 2 aliphatic carbocycles. The zero-order valence-corrected chi connectivity index (χ0v) is 22.1. The highest BCUT2D eigenvalue weighted by molar-refractivity contribution is 7.85. The van der Waals surface area contributed by atoms with Crippen molar-refractivity contribution in [2.45, 2.75) is 70.3 Å². The predicted molar refractivity (Wildman–Crippen MR) is 139 cm³/mol. The van der Waals surface area contributed by atoms with Crippen LogP contribution in [0, 0.1) is 17.8 Å². The van der Waals surface area contributed by atoms with E-state index in [-0.39, 0.29) is 15.9 Å². The van der Waals surface area contributed by atoms with Gasteiger partial charge in [-0.25, -0.2) is 4.21 Å². The molecule has 0 aliphatic heterocycles. The van der Waals surface area contributed by atoms with Crippen molar-refractivity contribution in [2.24, 2.45) is 22.2 Å². The van der Waals surface area contributed by atoms with Crippen LogP contribution in [0.25, 0.3) is 0 Å². The maximum absolute atomic E-state index is 12.3. The number of benzene rings is 2. The summed E-state index contributed by atoms with van der Waals surface area (Å²) in [6.45, 7) is 12.9. The minimum absolute atomic E-state index is 0.00690. The van der Waals surface area contributed by atoms with E-state index in [4.69, 9.17) is 4.43 Å². The number of nitrogens with zero attached hydrogens (tertiary/aromatic N) is 1. The van der Waals surface area contributed by atoms with Crippen LogP contribution in [0.3, 0.4) is 0 Å². The molecule has 172 valence electrons. The molecule has 2 aliphatic rings. The molecule has 2 aromatic carbocycles. The third kappa shape index (κ3) is 4.44. The van der Waals surface area contributed by atoms with E-state index in [1.807, 2.05) is 27.0 Å². The summed E-state index contributed by atoms with van der Waals surface area (Å²) in [6.07, 6.45) is 4.41. The van der Waals surface area contributed by atoms with Crippen LogP contribution in [-0.2, 0) is 15.4 Å². The number of fused-ring (bicyclic) bond motifs is 1. The molecule has 2 aromatic rings. The van der Waals surface area contributed by atoms with Gasteiger partial charge in [-0.2, -0.15) is 4.40 Å². The first kappa shape index (κ1) is 23.6. The van der Waals surface area contributed by atoms with Gasteiger partial charge < -0.3 is 4.43 Å². The molecule has 3 unspecified atom stereocenters. The molecule has 0 radical (unpaired) electrons. The SMILES string of the molecule is CC(C)(C)S(=O)N=CC1[C@H]2CC(O[Si](c3ccccc3)(c3ccccc3)C(C)(C)C)C[C@@H]12. The second-order valence-corrected chi connectivity index (χ2v) is 17.6. The summed E-state index contributed by atoms with van der Waals surface area (Å²) in [7, 11) is -3.66. The Morgan fingerprint density at radius 3 is 1.75 bits per heavy atom. The summed E-state index contributed by atoms with van der Waals surface area (Å²) in [5.74, 6) is 1.72. The molecule has 0 amide bonds. The predicted octanol–water partition coefficient (Wildman–Crippen LogP) is 5.12. The van der Waals surface area contributed by atoms with Gasteiger partial charge in [0.25, 0.3) is 8.32 Å². The zero-order valence-electron chi connectivity index (χ0n) is 20.2. The van der Waals surface area contributed by atoms with Gasteiger partial charge in [0.05, 0.1) is 4.75 Å². The van der Waals surface area contributed by atoms with Gasteiger partial charge in [0.1, 0.15) is 11.0 Å². The summed E-state index contributed by atoms with van der Waals surface area (Å²) in [5, 5.41) is 2.70. The first-order chi connectivity index (χ1) is 15.0. The van der Waals surface area contributed by atoms with Crippen molar-refractivity contribution < 1.29 is 8.63 Å². The fourth-order valence-electron chi connectivity index (χ4n) is 5.38. The lowest BCUT2D eigenvalue weighted by molar-refractivity contribution is 0.177. The molecule has 3 nitrogen and oxygen atoms in total. The lowest BCUT2D eigenvalue weighted by Crippen LogP contribution is -2.67. The van der Waals surface area contributed by atoms with Crippen LogP contribution in [0.4, 0.5) is 0 Å². The summed E-state index contributed by atoms with van der Waals surface area (Å²) < 4.78 is 23.7. The monoisotopic (exact) mass is 467 g/mol. The molecule has 0 heterocycles. The van der Waals surface area contributed by atoms with Gasteiger partial charge in [0.15, 0.2) is 0 Å². The second kappa shape index (κ2) is 8.66. The Hall–Kier alpha value is -1.56. The fraction of sp³-hybridized carbons (Fsp3) is 0.519. The highest BCUT2D eigenvalue weighted by atomic mass is 32.2. The Morgan fingerprint density at radius 2 is 1.34 bits per heavy atom. The van der Waals surface area contributed by atoms with Crippen LogP contribution < -0.4 is 10.4 Å². The molecule has 5 heteroatoms. The summed E-state index contributed by atoms with van der Waals surface area (Å²) in [6, 6.07) is 21.8. The lowest BCUT2D eigenvalue weighted by atomic mass is 10.1. The van der Waals surface area contributed by atoms with Gasteiger partial charge >= 0.3 is 0 Å². The number of hydrogen-bond donors (Lipinski definition) is 0. The van der Waals surface area contributed by atoms with Crippen molar-refractivity contribution in [3.8, 4) is 0 Å². The second-order valence-electron chi connectivity index (χ2n) is 11.4. The summed E-state index contributed by atoms with van der Waals surface area (Å²) >= 11 is 0. The average molecular weight is 468 g/mol. The smallest absolute Gasteiger partial charge is 0.261 e.